The predicted molar refractivity (Wildman–Crippen MR) is 139 cm³/mol. The lowest BCUT2D eigenvalue weighted by atomic mass is 10.0. The van der Waals surface area contributed by atoms with Gasteiger partial charge in [0.2, 0.25) is 5.95 Å². The van der Waals surface area contributed by atoms with Gasteiger partial charge >= 0.3 is 11.7 Å². The Balaban J connectivity index is 1.68. The van der Waals surface area contributed by atoms with Crippen LogP contribution in [-0.2, 0) is 14.3 Å². The Kier molecular flexibility index (Phi) is 7.93. The van der Waals surface area contributed by atoms with Gasteiger partial charge in [-0.25, -0.2) is 9.78 Å². The first-order valence-corrected chi connectivity index (χ1v) is 11.6. The summed E-state index contributed by atoms with van der Waals surface area (Å²) in [6, 6.07) is 13.0. The molecule has 8 nitrogen and oxygen atoms in total. The van der Waals surface area contributed by atoms with E-state index in [1.54, 1.807) is 37.4 Å². The number of benzene rings is 2. The van der Waals surface area contributed by atoms with Crippen molar-refractivity contribution in [3.63, 3.8) is 0 Å². The van der Waals surface area contributed by atoms with Crippen LogP contribution < -0.4 is 10.2 Å². The predicted octanol–water partition coefficient (Wildman–Crippen LogP) is 5.55. The maximum Gasteiger partial charge on any atom is 0.343 e. The van der Waals surface area contributed by atoms with E-state index in [-0.39, 0.29) is 5.97 Å². The van der Waals surface area contributed by atoms with Crippen molar-refractivity contribution in [1.29, 1.82) is 0 Å². The molecule has 0 atom stereocenters. The van der Waals surface area contributed by atoms with Crippen LogP contribution in [0.25, 0.3) is 22.0 Å². The molecule has 0 amide bonds. The van der Waals surface area contributed by atoms with Crippen LogP contribution in [0.4, 0.5) is 23.1 Å². The van der Waals surface area contributed by atoms with Gasteiger partial charge in [0.25, 0.3) is 6.57 Å². The standard InChI is InChI=1S/C26H25ClN5O3/c1-3-35-24(33)8-7-18-5-4-6-19(13-18)23-17-29-26(31-25(23)32-9-11-34-12-10-32)30-22-15-20(27)14-21(16-22)28-2/h2,4-8,13-17H,3,9-12H2,1H3,(H,29,30,31)/q+1. The minimum absolute atomic E-state index is 0.335. The second-order valence-corrected chi connectivity index (χ2v) is 8.13. The van der Waals surface area contributed by atoms with E-state index in [4.69, 9.17) is 32.6 Å². The van der Waals surface area contributed by atoms with E-state index in [1.807, 2.05) is 24.3 Å². The number of rotatable bonds is 7. The van der Waals surface area contributed by atoms with Gasteiger partial charge in [-0.05, 0) is 41.1 Å². The van der Waals surface area contributed by atoms with Crippen molar-refractivity contribution in [2.75, 3.05) is 43.1 Å². The number of hydrogen-bond acceptors (Lipinski definition) is 7. The molecule has 1 saturated heterocycles. The van der Waals surface area contributed by atoms with E-state index in [2.05, 4.69) is 20.0 Å². The number of esters is 1. The molecule has 178 valence electrons. The number of hydrogen-bond donors (Lipinski definition) is 1. The highest BCUT2D eigenvalue weighted by atomic mass is 35.5. The minimum Gasteiger partial charge on any atom is -0.463 e. The van der Waals surface area contributed by atoms with Crippen LogP contribution in [0.5, 0.6) is 0 Å². The fourth-order valence-electron chi connectivity index (χ4n) is 3.67. The fourth-order valence-corrected chi connectivity index (χ4v) is 3.90. The lowest BCUT2D eigenvalue weighted by Crippen LogP contribution is -2.37. The summed E-state index contributed by atoms with van der Waals surface area (Å²) in [7, 11) is 0. The Bertz CT molecular complexity index is 1280. The van der Waals surface area contributed by atoms with Gasteiger partial charge in [0.15, 0.2) is 0 Å². The topological polar surface area (TPSA) is 80.9 Å². The molecule has 1 aliphatic heterocycles. The maximum atomic E-state index is 11.7. The third kappa shape index (κ3) is 6.35. The highest BCUT2D eigenvalue weighted by molar-refractivity contribution is 6.31. The van der Waals surface area contributed by atoms with E-state index in [1.165, 1.54) is 6.08 Å². The summed E-state index contributed by atoms with van der Waals surface area (Å²) in [5, 5.41) is 3.69. The zero-order valence-corrected chi connectivity index (χ0v) is 20.0. The van der Waals surface area contributed by atoms with Gasteiger partial charge in [-0.15, -0.1) is 0 Å². The SMILES string of the molecule is C#[N+]c1cc(Cl)cc(Nc2ncc(-c3cccc(C=CC(=O)OCC)c3)c(N3CCOCC3)n2)c1. The van der Waals surface area contributed by atoms with E-state index < -0.39 is 0 Å². The summed E-state index contributed by atoms with van der Waals surface area (Å²) in [4.78, 5) is 27.0. The van der Waals surface area contributed by atoms with E-state index in [0.29, 0.717) is 55.3 Å². The molecule has 35 heavy (non-hydrogen) atoms. The Morgan fingerprint density at radius 3 is 2.89 bits per heavy atom. The van der Waals surface area contributed by atoms with Gasteiger partial charge in [-0.3, -0.25) is 0 Å². The van der Waals surface area contributed by atoms with Crippen molar-refractivity contribution in [2.45, 2.75) is 6.92 Å². The second kappa shape index (κ2) is 11.5. The van der Waals surface area contributed by atoms with Crippen LogP contribution >= 0.6 is 11.6 Å². The molecule has 0 spiro atoms. The highest BCUT2D eigenvalue weighted by Crippen LogP contribution is 2.32. The zero-order valence-electron chi connectivity index (χ0n) is 19.3. The third-order valence-corrected chi connectivity index (χ3v) is 5.48. The first-order valence-electron chi connectivity index (χ1n) is 11.2. The van der Waals surface area contributed by atoms with Crippen molar-refractivity contribution in [3.05, 3.63) is 70.2 Å². The number of carbonyl (C=O) groups is 1. The van der Waals surface area contributed by atoms with Crippen molar-refractivity contribution >= 4 is 46.8 Å². The molecule has 4 rings (SSSR count). The fraction of sp³-hybridized carbons (Fsp3) is 0.231. The molecular formula is C26H25ClN5O3+. The van der Waals surface area contributed by atoms with Crippen molar-refractivity contribution in [2.24, 2.45) is 0 Å². The highest BCUT2D eigenvalue weighted by Gasteiger charge is 2.19. The van der Waals surface area contributed by atoms with Crippen LogP contribution in [0.3, 0.4) is 0 Å². The number of ether oxygens (including phenoxy) is 2. The Morgan fingerprint density at radius 2 is 2.11 bits per heavy atom. The van der Waals surface area contributed by atoms with Crippen LogP contribution in [0, 0.1) is 6.57 Å². The van der Waals surface area contributed by atoms with Gasteiger partial charge in [0.1, 0.15) is 5.82 Å². The minimum atomic E-state index is -0.378. The molecule has 3 aromatic rings. The van der Waals surface area contributed by atoms with Crippen LogP contribution in [-0.4, -0.2) is 48.8 Å². The molecule has 0 unspecified atom stereocenters. The summed E-state index contributed by atoms with van der Waals surface area (Å²) in [5.41, 5.74) is 3.87. The molecule has 1 aromatic heterocycles. The molecule has 2 heterocycles. The van der Waals surface area contributed by atoms with Crippen molar-refractivity contribution in [3.8, 4) is 17.7 Å². The third-order valence-electron chi connectivity index (χ3n) is 5.26. The molecule has 0 radical (unpaired) electrons. The molecule has 0 saturated carbocycles. The molecule has 0 bridgehead atoms. The van der Waals surface area contributed by atoms with Crippen molar-refractivity contribution in [1.82, 2.24) is 9.97 Å². The van der Waals surface area contributed by atoms with Crippen LogP contribution in [0.15, 0.2) is 54.7 Å². The summed E-state index contributed by atoms with van der Waals surface area (Å²) in [5.74, 6) is 0.819. The maximum absolute atomic E-state index is 11.7. The molecule has 0 aliphatic carbocycles. The molecule has 9 heteroatoms. The quantitative estimate of drug-likeness (QED) is 0.343. The monoisotopic (exact) mass is 490 g/mol. The Labute approximate surface area is 209 Å². The largest absolute Gasteiger partial charge is 0.463 e. The molecular weight excluding hydrogens is 466 g/mol. The molecule has 2 aromatic carbocycles. The number of morpholine rings is 1. The smallest absolute Gasteiger partial charge is 0.343 e. The van der Waals surface area contributed by atoms with Gasteiger partial charge in [0.05, 0.1) is 36.6 Å². The average Bonchev–Trinajstić information content (AvgIpc) is 2.88. The number of aromatic nitrogens is 2. The van der Waals surface area contributed by atoms with Crippen LogP contribution in [0.2, 0.25) is 5.02 Å². The van der Waals surface area contributed by atoms with E-state index in [9.17, 15) is 4.79 Å². The summed E-state index contributed by atoms with van der Waals surface area (Å²) < 4.78 is 10.5. The number of nitrogens with one attached hydrogen (secondary N) is 1. The van der Waals surface area contributed by atoms with Crippen molar-refractivity contribution < 1.29 is 14.3 Å². The van der Waals surface area contributed by atoms with Crippen LogP contribution in [0.1, 0.15) is 12.5 Å². The lowest BCUT2D eigenvalue weighted by Gasteiger charge is -2.29. The van der Waals surface area contributed by atoms with E-state index in [0.717, 1.165) is 22.5 Å². The zero-order chi connectivity index (χ0) is 24.6. The second-order valence-electron chi connectivity index (χ2n) is 7.69. The molecule has 1 aliphatic rings. The Morgan fingerprint density at radius 1 is 1.29 bits per heavy atom. The van der Waals surface area contributed by atoms with Gasteiger partial charge in [-0.1, -0.05) is 29.8 Å². The van der Waals surface area contributed by atoms with Gasteiger partial charge < -0.3 is 19.7 Å². The average molecular weight is 491 g/mol. The van der Waals surface area contributed by atoms with Gasteiger partial charge in [-0.2, -0.15) is 4.98 Å². The number of nitrogens with zero attached hydrogens (tertiary/aromatic N) is 4. The summed E-state index contributed by atoms with van der Waals surface area (Å²) in [6.07, 6.45) is 4.93. The molecule has 1 N–H and O–H groups in total. The number of anilines is 3. The molecule has 1 fully saturated rings. The summed E-state index contributed by atoms with van der Waals surface area (Å²) >= 11 is 6.18. The number of halogens is 1. The first kappa shape index (κ1) is 24.2. The first-order chi connectivity index (χ1) is 17.1. The normalized spacial score (nSPS) is 13.5. The summed E-state index contributed by atoms with van der Waals surface area (Å²) in [6.45, 7) is 10.2. The van der Waals surface area contributed by atoms with Gasteiger partial charge in [0, 0.05) is 37.0 Å². The Hall–Kier alpha value is -3.93. The number of carbonyl (C=O) groups excluding carboxylic acids is 1. The lowest BCUT2D eigenvalue weighted by molar-refractivity contribution is -0.137. The van der Waals surface area contributed by atoms with E-state index >= 15 is 0 Å².